The van der Waals surface area contributed by atoms with Crippen molar-refractivity contribution in [2.45, 2.75) is 25.9 Å². The van der Waals surface area contributed by atoms with Crippen LogP contribution in [0.3, 0.4) is 0 Å². The van der Waals surface area contributed by atoms with Crippen molar-refractivity contribution in [3.63, 3.8) is 0 Å². The largest absolute Gasteiger partial charge is 0.478 e. The topological polar surface area (TPSA) is 72.9 Å². The number of carboxylic acid groups (broad SMARTS) is 1. The lowest BCUT2D eigenvalue weighted by Gasteiger charge is -2.17. The van der Waals surface area contributed by atoms with Gasteiger partial charge in [0.1, 0.15) is 5.82 Å². The minimum Gasteiger partial charge on any atom is -0.478 e. The summed E-state index contributed by atoms with van der Waals surface area (Å²) in [5, 5.41) is 13.6. The first-order chi connectivity index (χ1) is 11.2. The fraction of sp³-hybridized carbons (Fsp3) is 0.235. The van der Waals surface area contributed by atoms with Crippen LogP contribution in [0.25, 0.3) is 11.4 Å². The second kappa shape index (κ2) is 6.48. The quantitative estimate of drug-likeness (QED) is 0.759. The highest BCUT2D eigenvalue weighted by atomic mass is 16.4. The summed E-state index contributed by atoms with van der Waals surface area (Å²) in [4.78, 5) is 15.8. The second-order valence-electron chi connectivity index (χ2n) is 5.42. The van der Waals surface area contributed by atoms with Gasteiger partial charge in [-0.1, -0.05) is 18.2 Å². The van der Waals surface area contributed by atoms with Gasteiger partial charge in [-0.15, -0.1) is 0 Å². The van der Waals surface area contributed by atoms with Crippen LogP contribution in [-0.2, 0) is 6.54 Å². The van der Waals surface area contributed by atoms with Crippen LogP contribution in [0.5, 0.6) is 0 Å². The van der Waals surface area contributed by atoms with Gasteiger partial charge in [-0.25, -0.2) is 9.78 Å². The zero-order valence-corrected chi connectivity index (χ0v) is 12.8. The number of carboxylic acids is 1. The molecule has 1 N–H and O–H groups in total. The number of imidazole rings is 1. The van der Waals surface area contributed by atoms with Crippen LogP contribution in [0.4, 0.5) is 0 Å². The number of rotatable bonds is 6. The number of nitrogens with zero attached hydrogens (tertiary/aromatic N) is 4. The van der Waals surface area contributed by atoms with Crippen LogP contribution in [-0.4, -0.2) is 30.4 Å². The molecular weight excluding hydrogens is 292 g/mol. The summed E-state index contributed by atoms with van der Waals surface area (Å²) in [7, 11) is 0. The average molecular weight is 310 g/mol. The van der Waals surface area contributed by atoms with Gasteiger partial charge in [0.05, 0.1) is 5.56 Å². The summed E-state index contributed by atoms with van der Waals surface area (Å²) in [5.41, 5.74) is 0.898. The predicted molar refractivity (Wildman–Crippen MR) is 86.2 cm³/mol. The normalized spacial score (nSPS) is 12.2. The summed E-state index contributed by atoms with van der Waals surface area (Å²) in [6, 6.07) is 9.03. The molecule has 0 saturated heterocycles. The molecule has 0 radical (unpaired) electrons. The van der Waals surface area contributed by atoms with Gasteiger partial charge in [0.25, 0.3) is 0 Å². The number of hydrogen-bond acceptors (Lipinski definition) is 3. The van der Waals surface area contributed by atoms with E-state index in [0.29, 0.717) is 11.4 Å². The molecule has 0 aliphatic heterocycles. The zero-order chi connectivity index (χ0) is 16.2. The maximum atomic E-state index is 11.4. The van der Waals surface area contributed by atoms with Crippen LogP contribution < -0.4 is 0 Å². The number of aryl methyl sites for hydroxylation is 1. The molecule has 118 valence electrons. The van der Waals surface area contributed by atoms with Crippen molar-refractivity contribution < 1.29 is 9.90 Å². The van der Waals surface area contributed by atoms with E-state index in [-0.39, 0.29) is 11.6 Å². The Balaban J connectivity index is 1.86. The standard InChI is InChI=1S/C17H18N4O2/c1-13(7-11-20-10-4-8-19-20)21-12-9-18-16(21)14-5-2-3-6-15(14)17(22)23/h2-6,8-10,12-13H,7,11H2,1H3,(H,22,23). The van der Waals surface area contributed by atoms with Gasteiger partial charge in [-0.05, 0) is 25.5 Å². The third kappa shape index (κ3) is 3.15. The molecule has 1 atom stereocenters. The van der Waals surface area contributed by atoms with E-state index in [9.17, 15) is 9.90 Å². The van der Waals surface area contributed by atoms with Gasteiger partial charge < -0.3 is 9.67 Å². The van der Waals surface area contributed by atoms with Crippen LogP contribution in [0.1, 0.15) is 29.7 Å². The lowest BCUT2D eigenvalue weighted by Crippen LogP contribution is -2.11. The van der Waals surface area contributed by atoms with E-state index in [0.717, 1.165) is 13.0 Å². The zero-order valence-electron chi connectivity index (χ0n) is 12.8. The van der Waals surface area contributed by atoms with Gasteiger partial charge >= 0.3 is 5.97 Å². The van der Waals surface area contributed by atoms with Crippen molar-refractivity contribution in [3.05, 3.63) is 60.7 Å². The fourth-order valence-corrected chi connectivity index (χ4v) is 2.63. The van der Waals surface area contributed by atoms with Crippen molar-refractivity contribution in [3.8, 4) is 11.4 Å². The smallest absolute Gasteiger partial charge is 0.336 e. The lowest BCUT2D eigenvalue weighted by molar-refractivity contribution is 0.0697. The van der Waals surface area contributed by atoms with Crippen molar-refractivity contribution in [2.24, 2.45) is 0 Å². The third-order valence-electron chi connectivity index (χ3n) is 3.88. The highest BCUT2D eigenvalue weighted by Gasteiger charge is 2.17. The predicted octanol–water partition coefficient (Wildman–Crippen LogP) is 3.10. The maximum Gasteiger partial charge on any atom is 0.336 e. The van der Waals surface area contributed by atoms with Crippen molar-refractivity contribution in [1.82, 2.24) is 19.3 Å². The molecule has 0 saturated carbocycles. The lowest BCUT2D eigenvalue weighted by atomic mass is 10.1. The molecule has 1 unspecified atom stereocenters. The first kappa shape index (κ1) is 15.0. The molecule has 23 heavy (non-hydrogen) atoms. The molecule has 0 bridgehead atoms. The van der Waals surface area contributed by atoms with Crippen molar-refractivity contribution in [1.29, 1.82) is 0 Å². The molecule has 0 spiro atoms. The van der Waals surface area contributed by atoms with Crippen LogP contribution in [0.15, 0.2) is 55.1 Å². The Labute approximate surface area is 134 Å². The minimum absolute atomic E-state index is 0.179. The number of aromatic carboxylic acids is 1. The molecule has 6 heteroatoms. The minimum atomic E-state index is -0.945. The van der Waals surface area contributed by atoms with Crippen molar-refractivity contribution >= 4 is 5.97 Å². The van der Waals surface area contributed by atoms with Crippen LogP contribution >= 0.6 is 0 Å². The van der Waals surface area contributed by atoms with Crippen molar-refractivity contribution in [2.75, 3.05) is 0 Å². The average Bonchev–Trinajstić information content (AvgIpc) is 3.24. The molecule has 0 aliphatic rings. The first-order valence-electron chi connectivity index (χ1n) is 7.50. The Kier molecular flexibility index (Phi) is 4.23. The van der Waals surface area contributed by atoms with E-state index in [4.69, 9.17) is 0 Å². The highest BCUT2D eigenvalue weighted by molar-refractivity contribution is 5.95. The molecule has 6 nitrogen and oxygen atoms in total. The Morgan fingerprint density at radius 1 is 1.22 bits per heavy atom. The Morgan fingerprint density at radius 3 is 2.78 bits per heavy atom. The molecule has 0 amide bonds. The molecule has 2 aromatic heterocycles. The maximum absolute atomic E-state index is 11.4. The summed E-state index contributed by atoms with van der Waals surface area (Å²) in [6.07, 6.45) is 8.16. The fourth-order valence-electron chi connectivity index (χ4n) is 2.63. The molecule has 0 fully saturated rings. The summed E-state index contributed by atoms with van der Waals surface area (Å²) >= 11 is 0. The van der Waals surface area contributed by atoms with E-state index >= 15 is 0 Å². The number of benzene rings is 1. The van der Waals surface area contributed by atoms with Crippen LogP contribution in [0, 0.1) is 0 Å². The van der Waals surface area contributed by atoms with Gasteiger partial charge in [-0.2, -0.15) is 5.10 Å². The van der Waals surface area contributed by atoms with E-state index in [1.165, 1.54) is 0 Å². The Bertz CT molecular complexity index is 793. The number of aromatic nitrogens is 4. The SMILES string of the molecule is CC(CCn1cccn1)n1ccnc1-c1ccccc1C(=O)O. The van der Waals surface area contributed by atoms with E-state index < -0.39 is 5.97 Å². The molecule has 0 aliphatic carbocycles. The summed E-state index contributed by atoms with van der Waals surface area (Å²) in [6.45, 7) is 2.89. The van der Waals surface area contributed by atoms with E-state index in [1.54, 1.807) is 30.6 Å². The Morgan fingerprint density at radius 2 is 2.04 bits per heavy atom. The van der Waals surface area contributed by atoms with Gasteiger partial charge in [0.15, 0.2) is 0 Å². The summed E-state index contributed by atoms with van der Waals surface area (Å²) < 4.78 is 3.91. The van der Waals surface area contributed by atoms with E-state index in [2.05, 4.69) is 17.0 Å². The molecule has 1 aromatic carbocycles. The second-order valence-corrected chi connectivity index (χ2v) is 5.42. The third-order valence-corrected chi connectivity index (χ3v) is 3.88. The Hall–Kier alpha value is -2.89. The number of hydrogen-bond donors (Lipinski definition) is 1. The monoisotopic (exact) mass is 310 g/mol. The number of carbonyl (C=O) groups is 1. The molecule has 3 rings (SSSR count). The molecule has 3 aromatic rings. The highest BCUT2D eigenvalue weighted by Crippen LogP contribution is 2.26. The molecule has 2 heterocycles. The van der Waals surface area contributed by atoms with Crippen LogP contribution in [0.2, 0.25) is 0 Å². The molecular formula is C17H18N4O2. The van der Waals surface area contributed by atoms with Gasteiger partial charge in [0.2, 0.25) is 0 Å². The van der Waals surface area contributed by atoms with Gasteiger partial charge in [-0.3, -0.25) is 4.68 Å². The first-order valence-corrected chi connectivity index (χ1v) is 7.50. The van der Waals surface area contributed by atoms with E-state index in [1.807, 2.05) is 33.8 Å². The summed E-state index contributed by atoms with van der Waals surface area (Å²) in [5.74, 6) is -0.268. The van der Waals surface area contributed by atoms with Gasteiger partial charge in [0, 0.05) is 42.9 Å².